The molecule has 1 atom stereocenters. The van der Waals surface area contributed by atoms with E-state index in [2.05, 4.69) is 33.3 Å². The van der Waals surface area contributed by atoms with Crippen molar-refractivity contribution in [1.82, 2.24) is 15.1 Å². The van der Waals surface area contributed by atoms with Crippen molar-refractivity contribution in [3.63, 3.8) is 0 Å². The third-order valence-corrected chi connectivity index (χ3v) is 5.72. The maximum atomic E-state index is 6.29. The van der Waals surface area contributed by atoms with E-state index in [-0.39, 0.29) is 6.04 Å². The van der Waals surface area contributed by atoms with Crippen molar-refractivity contribution in [2.45, 2.75) is 26.3 Å². The topological polar surface area (TPSA) is 29.9 Å². The summed E-state index contributed by atoms with van der Waals surface area (Å²) in [5, 5.41) is 7.90. The molecule has 0 aliphatic carbocycles. The van der Waals surface area contributed by atoms with Crippen LogP contribution in [-0.2, 0) is 13.5 Å². The smallest absolute Gasteiger partial charge is 0.0992 e. The molecule has 0 aromatic carbocycles. The molecule has 2 heterocycles. The second kappa shape index (κ2) is 6.79. The molecule has 0 amide bonds. The lowest BCUT2D eigenvalue weighted by Gasteiger charge is -2.18. The number of hydrogen-bond donors (Lipinski definition) is 1. The summed E-state index contributed by atoms with van der Waals surface area (Å²) in [7, 11) is 1.96. The highest BCUT2D eigenvalue weighted by Gasteiger charge is 2.21. The molecule has 0 fully saturated rings. The monoisotopic (exact) mass is 395 g/mol. The van der Waals surface area contributed by atoms with Gasteiger partial charge in [-0.15, -0.1) is 11.3 Å². The Kier molecular flexibility index (Phi) is 5.54. The number of halogens is 3. The molecule has 0 aliphatic rings. The van der Waals surface area contributed by atoms with E-state index < -0.39 is 0 Å². The highest BCUT2D eigenvalue weighted by atomic mass is 79.9. The normalized spacial score (nSPS) is 12.9. The quantitative estimate of drug-likeness (QED) is 0.789. The van der Waals surface area contributed by atoms with E-state index in [1.54, 1.807) is 0 Å². The van der Waals surface area contributed by atoms with E-state index in [9.17, 15) is 0 Å². The van der Waals surface area contributed by atoms with Gasteiger partial charge in [-0.1, -0.05) is 30.1 Å². The minimum absolute atomic E-state index is 0.127. The van der Waals surface area contributed by atoms with Gasteiger partial charge in [0, 0.05) is 25.1 Å². The Labute approximate surface area is 141 Å². The molecule has 20 heavy (non-hydrogen) atoms. The number of nitrogens with one attached hydrogen (secondary N) is 1. The predicted molar refractivity (Wildman–Crippen MR) is 90.1 cm³/mol. The summed E-state index contributed by atoms with van der Waals surface area (Å²) in [5.41, 5.74) is 3.19. The van der Waals surface area contributed by atoms with Crippen LogP contribution in [0.3, 0.4) is 0 Å². The van der Waals surface area contributed by atoms with Gasteiger partial charge in [0.1, 0.15) is 0 Å². The third kappa shape index (κ3) is 3.39. The van der Waals surface area contributed by atoms with Crippen LogP contribution in [0.15, 0.2) is 10.5 Å². The summed E-state index contributed by atoms with van der Waals surface area (Å²) >= 11 is 17.4. The van der Waals surface area contributed by atoms with Crippen molar-refractivity contribution >= 4 is 50.5 Å². The SMILES string of the molecule is CCNC(Cc1c(Br)c(C)nn1C)c1cc(Cl)sc1Cl. The average Bonchev–Trinajstić information content (AvgIpc) is 2.82. The van der Waals surface area contributed by atoms with Crippen LogP contribution in [0, 0.1) is 6.92 Å². The van der Waals surface area contributed by atoms with Crippen LogP contribution >= 0.6 is 50.5 Å². The van der Waals surface area contributed by atoms with Gasteiger partial charge in [-0.3, -0.25) is 4.68 Å². The van der Waals surface area contributed by atoms with Gasteiger partial charge in [-0.2, -0.15) is 5.10 Å². The van der Waals surface area contributed by atoms with E-state index in [1.165, 1.54) is 11.3 Å². The van der Waals surface area contributed by atoms with Gasteiger partial charge in [-0.25, -0.2) is 0 Å². The standard InChI is InChI=1S/C13H16BrCl2N3S/c1-4-17-9(8-5-11(15)20-13(8)16)6-10-12(14)7(2)18-19(10)3/h5,9,17H,4,6H2,1-3H3. The summed E-state index contributed by atoms with van der Waals surface area (Å²) < 4.78 is 4.43. The van der Waals surface area contributed by atoms with Gasteiger partial charge in [0.2, 0.25) is 0 Å². The first-order valence-corrected chi connectivity index (χ1v) is 8.66. The van der Waals surface area contributed by atoms with Gasteiger partial charge >= 0.3 is 0 Å². The first kappa shape index (κ1) is 16.3. The number of aryl methyl sites for hydroxylation is 2. The Hall–Kier alpha value is -0.0700. The molecule has 0 spiro atoms. The van der Waals surface area contributed by atoms with Crippen molar-refractivity contribution in [2.24, 2.45) is 7.05 Å². The van der Waals surface area contributed by atoms with Crippen molar-refractivity contribution in [2.75, 3.05) is 6.54 Å². The lowest BCUT2D eigenvalue weighted by molar-refractivity contribution is 0.529. The number of hydrogen-bond acceptors (Lipinski definition) is 3. The molecule has 1 N–H and O–H groups in total. The average molecular weight is 397 g/mol. The van der Waals surface area contributed by atoms with Crippen LogP contribution < -0.4 is 5.32 Å². The van der Waals surface area contributed by atoms with Gasteiger partial charge in [0.25, 0.3) is 0 Å². The summed E-state index contributed by atoms with van der Waals surface area (Å²) in [5.74, 6) is 0. The molecule has 0 saturated heterocycles. The molecule has 2 rings (SSSR count). The minimum Gasteiger partial charge on any atom is -0.310 e. The summed E-state index contributed by atoms with van der Waals surface area (Å²) in [6, 6.07) is 2.07. The fourth-order valence-electron chi connectivity index (χ4n) is 2.22. The maximum Gasteiger partial charge on any atom is 0.0992 e. The molecule has 0 radical (unpaired) electrons. The maximum absolute atomic E-state index is 6.29. The summed E-state index contributed by atoms with van der Waals surface area (Å²) in [4.78, 5) is 0. The third-order valence-electron chi connectivity index (χ3n) is 3.17. The molecule has 0 aliphatic heterocycles. The van der Waals surface area contributed by atoms with E-state index in [1.807, 2.05) is 24.7 Å². The fraction of sp³-hybridized carbons (Fsp3) is 0.462. The lowest BCUT2D eigenvalue weighted by atomic mass is 10.0. The van der Waals surface area contributed by atoms with Crippen molar-refractivity contribution < 1.29 is 0 Å². The Morgan fingerprint density at radius 2 is 2.20 bits per heavy atom. The van der Waals surface area contributed by atoms with Gasteiger partial charge in [-0.05, 0) is 35.5 Å². The lowest BCUT2D eigenvalue weighted by Crippen LogP contribution is -2.23. The Morgan fingerprint density at radius 1 is 1.50 bits per heavy atom. The van der Waals surface area contributed by atoms with Crippen LogP contribution in [0.1, 0.15) is 29.9 Å². The van der Waals surface area contributed by atoms with Gasteiger partial charge in [0.15, 0.2) is 0 Å². The predicted octanol–water partition coefficient (Wildman–Crippen LogP) is 4.75. The zero-order valence-electron chi connectivity index (χ0n) is 11.5. The molecule has 2 aromatic heterocycles. The highest BCUT2D eigenvalue weighted by molar-refractivity contribution is 9.10. The van der Waals surface area contributed by atoms with E-state index in [4.69, 9.17) is 23.2 Å². The van der Waals surface area contributed by atoms with Crippen LogP contribution in [0.2, 0.25) is 8.67 Å². The Morgan fingerprint density at radius 3 is 2.65 bits per heavy atom. The first-order valence-electron chi connectivity index (χ1n) is 6.30. The van der Waals surface area contributed by atoms with Crippen molar-refractivity contribution in [3.05, 3.63) is 36.2 Å². The van der Waals surface area contributed by atoms with E-state index in [0.29, 0.717) is 4.34 Å². The zero-order chi connectivity index (χ0) is 14.9. The first-order chi connectivity index (χ1) is 9.43. The number of rotatable bonds is 5. The number of nitrogens with zero attached hydrogens (tertiary/aromatic N) is 2. The number of likely N-dealkylation sites (N-methyl/N-ethyl adjacent to an activating group) is 1. The molecule has 3 nitrogen and oxygen atoms in total. The number of thiophene rings is 1. The molecular weight excluding hydrogens is 381 g/mol. The molecule has 0 saturated carbocycles. The molecular formula is C13H16BrCl2N3S. The van der Waals surface area contributed by atoms with E-state index in [0.717, 1.165) is 38.7 Å². The largest absolute Gasteiger partial charge is 0.310 e. The van der Waals surface area contributed by atoms with Crippen LogP contribution in [0.25, 0.3) is 0 Å². The number of aromatic nitrogens is 2. The zero-order valence-corrected chi connectivity index (χ0v) is 15.4. The second-order valence-electron chi connectivity index (χ2n) is 4.56. The van der Waals surface area contributed by atoms with Crippen LogP contribution in [0.5, 0.6) is 0 Å². The van der Waals surface area contributed by atoms with Crippen molar-refractivity contribution in [1.29, 1.82) is 0 Å². The second-order valence-corrected chi connectivity index (χ2v) is 7.64. The van der Waals surface area contributed by atoms with Gasteiger partial charge < -0.3 is 5.32 Å². The molecule has 0 bridgehead atoms. The van der Waals surface area contributed by atoms with Gasteiger partial charge in [0.05, 0.1) is 24.5 Å². The fourth-order valence-corrected chi connectivity index (χ4v) is 4.30. The van der Waals surface area contributed by atoms with Crippen LogP contribution in [0.4, 0.5) is 0 Å². The van der Waals surface area contributed by atoms with Crippen LogP contribution in [-0.4, -0.2) is 16.3 Å². The van der Waals surface area contributed by atoms with Crippen molar-refractivity contribution in [3.8, 4) is 0 Å². The molecule has 110 valence electrons. The Bertz CT molecular complexity index is 609. The minimum atomic E-state index is 0.127. The molecule has 2 aromatic rings. The molecule has 1 unspecified atom stereocenters. The molecule has 7 heteroatoms. The van der Waals surface area contributed by atoms with E-state index >= 15 is 0 Å². The summed E-state index contributed by atoms with van der Waals surface area (Å²) in [6.07, 6.45) is 0.804. The Balaban J connectivity index is 2.32. The highest BCUT2D eigenvalue weighted by Crippen LogP contribution is 2.37. The summed E-state index contributed by atoms with van der Waals surface area (Å²) in [6.45, 7) is 4.94.